The first-order valence-corrected chi connectivity index (χ1v) is 7.24. The van der Waals surface area contributed by atoms with Crippen LogP contribution in [0.25, 0.3) is 0 Å². The van der Waals surface area contributed by atoms with E-state index in [1.807, 2.05) is 12.1 Å². The molecule has 1 aromatic rings. The van der Waals surface area contributed by atoms with Crippen molar-refractivity contribution < 1.29 is 14.6 Å². The zero-order valence-corrected chi connectivity index (χ0v) is 11.6. The van der Waals surface area contributed by atoms with Crippen molar-refractivity contribution in [2.24, 2.45) is 5.92 Å². The minimum absolute atomic E-state index is 0.168. The second-order valence-electron chi connectivity index (χ2n) is 5.45. The van der Waals surface area contributed by atoms with Crippen molar-refractivity contribution in [1.82, 2.24) is 0 Å². The summed E-state index contributed by atoms with van der Waals surface area (Å²) in [5, 5.41) is 10.4. The van der Waals surface area contributed by atoms with Gasteiger partial charge in [0.05, 0.1) is 13.2 Å². The lowest BCUT2D eigenvalue weighted by atomic mass is 9.73. The molecule has 3 rings (SSSR count). The van der Waals surface area contributed by atoms with Gasteiger partial charge in [-0.1, -0.05) is 23.7 Å². The van der Waals surface area contributed by atoms with Crippen molar-refractivity contribution in [1.29, 1.82) is 0 Å². The SMILES string of the molecule is OC[C@@H]1CC2(CC[C@H]1c1ccc(Cl)cc1)OCCO2. The number of ether oxygens (including phenoxy) is 2. The molecule has 2 atom stereocenters. The van der Waals surface area contributed by atoms with Crippen molar-refractivity contribution >= 4 is 11.6 Å². The van der Waals surface area contributed by atoms with Crippen LogP contribution in [0.2, 0.25) is 5.02 Å². The predicted octanol–water partition coefficient (Wildman–Crippen LogP) is 2.96. The fraction of sp³-hybridized carbons (Fsp3) is 0.600. The summed E-state index contributed by atoms with van der Waals surface area (Å²) in [5.74, 6) is 0.116. The molecule has 0 radical (unpaired) electrons. The van der Waals surface area contributed by atoms with Gasteiger partial charge >= 0.3 is 0 Å². The first kappa shape index (κ1) is 13.4. The average molecular weight is 283 g/mol. The van der Waals surface area contributed by atoms with Crippen molar-refractivity contribution in [3.05, 3.63) is 34.9 Å². The summed E-state index contributed by atoms with van der Waals surface area (Å²) in [6.45, 7) is 1.51. The van der Waals surface area contributed by atoms with Crippen LogP contribution in [0.15, 0.2) is 24.3 Å². The fourth-order valence-electron chi connectivity index (χ4n) is 3.35. The Morgan fingerprint density at radius 2 is 1.89 bits per heavy atom. The van der Waals surface area contributed by atoms with E-state index in [4.69, 9.17) is 21.1 Å². The van der Waals surface area contributed by atoms with Crippen LogP contribution in [0.5, 0.6) is 0 Å². The smallest absolute Gasteiger partial charge is 0.168 e. The number of halogens is 1. The third-order valence-electron chi connectivity index (χ3n) is 4.32. The molecule has 0 amide bonds. The van der Waals surface area contributed by atoms with Crippen LogP contribution < -0.4 is 0 Å². The number of hydrogen-bond acceptors (Lipinski definition) is 3. The highest BCUT2D eigenvalue weighted by Gasteiger charge is 2.45. The first-order chi connectivity index (χ1) is 9.22. The van der Waals surface area contributed by atoms with E-state index in [1.54, 1.807) is 0 Å². The topological polar surface area (TPSA) is 38.7 Å². The molecule has 2 aliphatic rings. The van der Waals surface area contributed by atoms with Gasteiger partial charge in [-0.15, -0.1) is 0 Å². The maximum absolute atomic E-state index is 9.68. The Hall–Kier alpha value is -0.610. The van der Waals surface area contributed by atoms with E-state index in [-0.39, 0.29) is 12.5 Å². The summed E-state index contributed by atoms with van der Waals surface area (Å²) in [5.41, 5.74) is 1.25. The van der Waals surface area contributed by atoms with Crippen molar-refractivity contribution in [2.75, 3.05) is 19.8 Å². The van der Waals surface area contributed by atoms with E-state index >= 15 is 0 Å². The molecule has 4 heteroatoms. The average Bonchev–Trinajstić information content (AvgIpc) is 2.88. The molecule has 1 spiro atoms. The minimum Gasteiger partial charge on any atom is -0.396 e. The number of aliphatic hydroxyl groups is 1. The summed E-state index contributed by atoms with van der Waals surface area (Å²) in [4.78, 5) is 0. The van der Waals surface area contributed by atoms with Crippen LogP contribution in [-0.2, 0) is 9.47 Å². The van der Waals surface area contributed by atoms with Gasteiger partial charge in [-0.2, -0.15) is 0 Å². The summed E-state index contributed by atoms with van der Waals surface area (Å²) >= 11 is 5.93. The molecule has 1 N–H and O–H groups in total. The van der Waals surface area contributed by atoms with Gasteiger partial charge in [0.25, 0.3) is 0 Å². The van der Waals surface area contributed by atoms with Gasteiger partial charge < -0.3 is 14.6 Å². The van der Waals surface area contributed by atoms with Gasteiger partial charge in [-0.3, -0.25) is 0 Å². The molecule has 1 aliphatic heterocycles. The molecule has 1 saturated carbocycles. The Balaban J connectivity index is 1.78. The second-order valence-corrected chi connectivity index (χ2v) is 5.89. The molecule has 0 bridgehead atoms. The molecule has 1 saturated heterocycles. The van der Waals surface area contributed by atoms with E-state index < -0.39 is 5.79 Å². The number of benzene rings is 1. The number of rotatable bonds is 2. The summed E-state index contributed by atoms with van der Waals surface area (Å²) in [6, 6.07) is 7.95. The Labute approximate surface area is 118 Å². The van der Waals surface area contributed by atoms with Gasteiger partial charge in [0.1, 0.15) is 0 Å². The van der Waals surface area contributed by atoms with Crippen molar-refractivity contribution in [3.63, 3.8) is 0 Å². The molecule has 1 heterocycles. The predicted molar refractivity (Wildman–Crippen MR) is 73.3 cm³/mol. The lowest BCUT2D eigenvalue weighted by Gasteiger charge is -2.40. The van der Waals surface area contributed by atoms with Gasteiger partial charge in [-0.25, -0.2) is 0 Å². The van der Waals surface area contributed by atoms with Gasteiger partial charge in [0.15, 0.2) is 5.79 Å². The zero-order chi connectivity index (χ0) is 13.3. The van der Waals surface area contributed by atoms with Crippen molar-refractivity contribution in [3.8, 4) is 0 Å². The highest BCUT2D eigenvalue weighted by Crippen LogP contribution is 2.45. The zero-order valence-electron chi connectivity index (χ0n) is 10.8. The Kier molecular flexibility index (Phi) is 3.81. The molecular weight excluding hydrogens is 264 g/mol. The van der Waals surface area contributed by atoms with E-state index in [1.165, 1.54) is 5.56 Å². The van der Waals surface area contributed by atoms with E-state index in [0.29, 0.717) is 19.1 Å². The highest BCUT2D eigenvalue weighted by molar-refractivity contribution is 6.30. The second kappa shape index (κ2) is 5.41. The third kappa shape index (κ3) is 2.65. The molecule has 1 aliphatic carbocycles. The van der Waals surface area contributed by atoms with Crippen LogP contribution in [0, 0.1) is 5.92 Å². The Morgan fingerprint density at radius 3 is 2.53 bits per heavy atom. The number of hydrogen-bond donors (Lipinski definition) is 1. The molecule has 104 valence electrons. The summed E-state index contributed by atoms with van der Waals surface area (Å²) in [6.07, 6.45) is 2.65. The van der Waals surface area contributed by atoms with Gasteiger partial charge in [-0.05, 0) is 36.0 Å². The van der Waals surface area contributed by atoms with Crippen molar-refractivity contribution in [2.45, 2.75) is 31.0 Å². The third-order valence-corrected chi connectivity index (χ3v) is 4.58. The minimum atomic E-state index is -0.434. The molecule has 0 aromatic heterocycles. The largest absolute Gasteiger partial charge is 0.396 e. The summed E-state index contributed by atoms with van der Waals surface area (Å²) < 4.78 is 11.5. The monoisotopic (exact) mass is 282 g/mol. The van der Waals surface area contributed by atoms with Crippen LogP contribution >= 0.6 is 11.6 Å². The van der Waals surface area contributed by atoms with Crippen LogP contribution in [0.1, 0.15) is 30.7 Å². The van der Waals surface area contributed by atoms with E-state index in [9.17, 15) is 5.11 Å². The fourth-order valence-corrected chi connectivity index (χ4v) is 3.48. The first-order valence-electron chi connectivity index (χ1n) is 6.87. The molecular formula is C15H19ClO3. The number of aliphatic hydroxyl groups excluding tert-OH is 1. The van der Waals surface area contributed by atoms with Crippen LogP contribution in [0.3, 0.4) is 0 Å². The molecule has 3 nitrogen and oxygen atoms in total. The van der Waals surface area contributed by atoms with Crippen LogP contribution in [-0.4, -0.2) is 30.7 Å². The quantitative estimate of drug-likeness (QED) is 0.906. The molecule has 1 aromatic carbocycles. The van der Waals surface area contributed by atoms with Gasteiger partial charge in [0, 0.05) is 24.5 Å². The highest BCUT2D eigenvalue weighted by atomic mass is 35.5. The van der Waals surface area contributed by atoms with Gasteiger partial charge in [0.2, 0.25) is 0 Å². The Morgan fingerprint density at radius 1 is 1.21 bits per heavy atom. The Bertz CT molecular complexity index is 426. The maximum atomic E-state index is 9.68. The van der Waals surface area contributed by atoms with E-state index in [0.717, 1.165) is 24.3 Å². The van der Waals surface area contributed by atoms with E-state index in [2.05, 4.69) is 12.1 Å². The molecule has 2 fully saturated rings. The normalized spacial score (nSPS) is 29.8. The molecule has 0 unspecified atom stereocenters. The van der Waals surface area contributed by atoms with Crippen LogP contribution in [0.4, 0.5) is 0 Å². The maximum Gasteiger partial charge on any atom is 0.168 e. The lowest BCUT2D eigenvalue weighted by molar-refractivity contribution is -0.192. The molecule has 19 heavy (non-hydrogen) atoms. The lowest BCUT2D eigenvalue weighted by Crippen LogP contribution is -2.40. The summed E-state index contributed by atoms with van der Waals surface area (Å²) in [7, 11) is 0. The standard InChI is InChI=1S/C15H19ClO3/c16-13-3-1-11(2-4-13)14-5-6-15(9-12(14)10-17)18-7-8-19-15/h1-4,12,14,17H,5-10H2/t12-,14-/m0/s1.